The summed E-state index contributed by atoms with van der Waals surface area (Å²) in [6, 6.07) is 0. The molecule has 0 bridgehead atoms. The molecule has 0 aromatic carbocycles. The molecular weight excluding hydrogens is 244 g/mol. The summed E-state index contributed by atoms with van der Waals surface area (Å²) in [5.41, 5.74) is 5.30. The molecule has 0 saturated carbocycles. The van der Waals surface area contributed by atoms with E-state index in [1.54, 1.807) is 11.8 Å². The molecule has 1 rings (SSSR count). The maximum Gasteiger partial charge on any atom is 0.236 e. The average Bonchev–Trinajstić information content (AvgIpc) is 2.24. The first-order valence-corrected chi connectivity index (χ1v) is 5.40. The maximum atomic E-state index is 11.0. The summed E-state index contributed by atoms with van der Waals surface area (Å²) in [7, 11) is 0. The summed E-state index contributed by atoms with van der Waals surface area (Å²) in [6.07, 6.45) is 0.570. The lowest BCUT2D eigenvalue weighted by Crippen LogP contribution is -2.35. The molecule has 0 aliphatic heterocycles. The standard InChI is InChI=1S/C10H13ClN4O2/c1-3-15(4-8(12)17)10-7(5-16)9(11)13-6(2)14-10/h5H,3-4H2,1-2H3,(H2,12,17). The Labute approximate surface area is 104 Å². The molecule has 1 heterocycles. The van der Waals surface area contributed by atoms with Gasteiger partial charge in [-0.2, -0.15) is 0 Å². The van der Waals surface area contributed by atoms with Gasteiger partial charge in [-0.25, -0.2) is 9.97 Å². The van der Waals surface area contributed by atoms with E-state index in [-0.39, 0.29) is 17.3 Å². The highest BCUT2D eigenvalue weighted by Gasteiger charge is 2.17. The fourth-order valence-electron chi connectivity index (χ4n) is 1.40. The fraction of sp³-hybridized carbons (Fsp3) is 0.400. The molecule has 0 aliphatic carbocycles. The largest absolute Gasteiger partial charge is 0.368 e. The lowest BCUT2D eigenvalue weighted by atomic mass is 10.3. The summed E-state index contributed by atoms with van der Waals surface area (Å²) >= 11 is 5.85. The highest BCUT2D eigenvalue weighted by molar-refractivity contribution is 6.32. The number of amides is 1. The number of hydrogen-bond donors (Lipinski definition) is 1. The maximum absolute atomic E-state index is 11.0. The SMILES string of the molecule is CCN(CC(N)=O)c1nc(C)nc(Cl)c1C=O. The Bertz CT molecular complexity index is 450. The van der Waals surface area contributed by atoms with Gasteiger partial charge in [0.25, 0.3) is 0 Å². The van der Waals surface area contributed by atoms with Crippen molar-refractivity contribution in [1.82, 2.24) is 9.97 Å². The zero-order valence-electron chi connectivity index (χ0n) is 9.61. The molecule has 92 valence electrons. The van der Waals surface area contributed by atoms with E-state index >= 15 is 0 Å². The van der Waals surface area contributed by atoms with E-state index in [0.29, 0.717) is 24.5 Å². The quantitative estimate of drug-likeness (QED) is 0.614. The monoisotopic (exact) mass is 256 g/mol. The molecule has 1 aromatic heterocycles. The summed E-state index contributed by atoms with van der Waals surface area (Å²) in [6.45, 7) is 3.94. The molecule has 2 N–H and O–H groups in total. The predicted octanol–water partition coefficient (Wildman–Crippen LogP) is 0.563. The average molecular weight is 257 g/mol. The molecule has 6 nitrogen and oxygen atoms in total. The van der Waals surface area contributed by atoms with Crippen molar-refractivity contribution in [1.29, 1.82) is 0 Å². The Morgan fingerprint density at radius 2 is 2.18 bits per heavy atom. The second-order valence-electron chi connectivity index (χ2n) is 3.40. The molecule has 0 saturated heterocycles. The molecule has 0 aliphatic rings. The lowest BCUT2D eigenvalue weighted by Gasteiger charge is -2.21. The number of carbonyl (C=O) groups excluding carboxylic acids is 2. The van der Waals surface area contributed by atoms with Crippen molar-refractivity contribution in [3.05, 3.63) is 16.5 Å². The van der Waals surface area contributed by atoms with Gasteiger partial charge in [-0.15, -0.1) is 0 Å². The molecule has 7 heteroatoms. The lowest BCUT2D eigenvalue weighted by molar-refractivity contribution is -0.116. The third-order valence-electron chi connectivity index (χ3n) is 2.14. The van der Waals surface area contributed by atoms with Crippen molar-refractivity contribution in [2.75, 3.05) is 18.0 Å². The van der Waals surface area contributed by atoms with E-state index < -0.39 is 5.91 Å². The van der Waals surface area contributed by atoms with Crippen LogP contribution in [0.25, 0.3) is 0 Å². The molecule has 0 fully saturated rings. The van der Waals surface area contributed by atoms with Crippen molar-refractivity contribution in [3.63, 3.8) is 0 Å². The Morgan fingerprint density at radius 3 is 2.65 bits per heavy atom. The summed E-state index contributed by atoms with van der Waals surface area (Å²) in [5, 5.41) is 0.0745. The second-order valence-corrected chi connectivity index (χ2v) is 3.76. The summed E-state index contributed by atoms with van der Waals surface area (Å²) < 4.78 is 0. The van der Waals surface area contributed by atoms with Crippen LogP contribution in [0, 0.1) is 6.92 Å². The van der Waals surface area contributed by atoms with E-state index in [2.05, 4.69) is 9.97 Å². The number of anilines is 1. The molecule has 1 amide bonds. The molecule has 1 aromatic rings. The van der Waals surface area contributed by atoms with E-state index in [0.717, 1.165) is 0 Å². The fourth-order valence-corrected chi connectivity index (χ4v) is 1.65. The number of aromatic nitrogens is 2. The first-order chi connectivity index (χ1) is 7.99. The second kappa shape index (κ2) is 5.58. The van der Waals surface area contributed by atoms with Crippen molar-refractivity contribution >= 4 is 29.6 Å². The topological polar surface area (TPSA) is 89.2 Å². The van der Waals surface area contributed by atoms with Crippen molar-refractivity contribution in [2.45, 2.75) is 13.8 Å². The van der Waals surface area contributed by atoms with Gasteiger partial charge in [0.1, 0.15) is 16.8 Å². The van der Waals surface area contributed by atoms with Crippen LogP contribution < -0.4 is 10.6 Å². The highest BCUT2D eigenvalue weighted by atomic mass is 35.5. The van der Waals surface area contributed by atoms with Crippen LogP contribution in [0.1, 0.15) is 23.1 Å². The van der Waals surface area contributed by atoms with Gasteiger partial charge in [-0.1, -0.05) is 11.6 Å². The van der Waals surface area contributed by atoms with E-state index in [1.165, 1.54) is 0 Å². The highest BCUT2D eigenvalue weighted by Crippen LogP contribution is 2.22. The summed E-state index contributed by atoms with van der Waals surface area (Å²) in [4.78, 5) is 31.5. The van der Waals surface area contributed by atoms with Crippen LogP contribution in [0.4, 0.5) is 5.82 Å². The first-order valence-electron chi connectivity index (χ1n) is 5.02. The molecule has 0 unspecified atom stereocenters. The summed E-state index contributed by atoms with van der Waals surface area (Å²) in [5.74, 6) is 0.258. The van der Waals surface area contributed by atoms with Crippen LogP contribution in [0.15, 0.2) is 0 Å². The number of rotatable bonds is 5. The van der Waals surface area contributed by atoms with Gasteiger partial charge in [0.2, 0.25) is 5.91 Å². The number of carbonyl (C=O) groups is 2. The predicted molar refractivity (Wildman–Crippen MR) is 64.2 cm³/mol. The minimum Gasteiger partial charge on any atom is -0.368 e. The minimum atomic E-state index is -0.504. The van der Waals surface area contributed by atoms with E-state index in [9.17, 15) is 9.59 Å². The number of nitrogens with two attached hydrogens (primary N) is 1. The number of aryl methyl sites for hydroxylation is 1. The third kappa shape index (κ3) is 3.13. The zero-order valence-corrected chi connectivity index (χ0v) is 10.4. The minimum absolute atomic E-state index is 0.0237. The van der Waals surface area contributed by atoms with Gasteiger partial charge >= 0.3 is 0 Å². The van der Waals surface area contributed by atoms with E-state index in [4.69, 9.17) is 17.3 Å². The van der Waals surface area contributed by atoms with Crippen molar-refractivity contribution in [2.24, 2.45) is 5.73 Å². The Morgan fingerprint density at radius 1 is 1.53 bits per heavy atom. The number of aldehydes is 1. The van der Waals surface area contributed by atoms with Crippen LogP contribution in [0.5, 0.6) is 0 Å². The number of nitrogens with zero attached hydrogens (tertiary/aromatic N) is 3. The van der Waals surface area contributed by atoms with Gasteiger partial charge in [0, 0.05) is 6.54 Å². The van der Waals surface area contributed by atoms with E-state index in [1.807, 2.05) is 6.92 Å². The molecular formula is C10H13ClN4O2. The van der Waals surface area contributed by atoms with Crippen LogP contribution in [0.3, 0.4) is 0 Å². The molecule has 0 spiro atoms. The molecule has 0 atom stereocenters. The molecule has 0 radical (unpaired) electrons. The van der Waals surface area contributed by atoms with Crippen molar-refractivity contribution < 1.29 is 9.59 Å². The van der Waals surface area contributed by atoms with Crippen LogP contribution in [-0.2, 0) is 4.79 Å². The number of primary amides is 1. The smallest absolute Gasteiger partial charge is 0.236 e. The zero-order chi connectivity index (χ0) is 13.0. The normalized spacial score (nSPS) is 10.1. The van der Waals surface area contributed by atoms with Gasteiger partial charge < -0.3 is 10.6 Å². The number of likely N-dealkylation sites (N-methyl/N-ethyl adjacent to an activating group) is 1. The Hall–Kier alpha value is -1.69. The van der Waals surface area contributed by atoms with Gasteiger partial charge in [-0.3, -0.25) is 9.59 Å². The van der Waals surface area contributed by atoms with Gasteiger partial charge in [-0.05, 0) is 13.8 Å². The third-order valence-corrected chi connectivity index (χ3v) is 2.42. The van der Waals surface area contributed by atoms with Gasteiger partial charge in [0.15, 0.2) is 6.29 Å². The van der Waals surface area contributed by atoms with Crippen LogP contribution in [-0.4, -0.2) is 35.3 Å². The Kier molecular flexibility index (Phi) is 4.39. The van der Waals surface area contributed by atoms with Crippen molar-refractivity contribution in [3.8, 4) is 0 Å². The number of halogens is 1. The molecule has 17 heavy (non-hydrogen) atoms. The first kappa shape index (κ1) is 13.4. The van der Waals surface area contributed by atoms with Crippen LogP contribution in [0.2, 0.25) is 5.15 Å². The van der Waals surface area contributed by atoms with Crippen LogP contribution >= 0.6 is 11.6 Å². The Balaban J connectivity index is 3.26. The number of hydrogen-bond acceptors (Lipinski definition) is 5. The van der Waals surface area contributed by atoms with Gasteiger partial charge in [0.05, 0.1) is 12.1 Å².